The summed E-state index contributed by atoms with van der Waals surface area (Å²) in [5.41, 5.74) is 12.4. The molecule has 4 nitrogen and oxygen atoms in total. The lowest BCUT2D eigenvalue weighted by Gasteiger charge is -2.36. The van der Waals surface area contributed by atoms with Crippen molar-refractivity contribution in [3.63, 3.8) is 0 Å². The molecule has 2 aromatic rings. The van der Waals surface area contributed by atoms with Crippen molar-refractivity contribution < 1.29 is 9.53 Å². The smallest absolute Gasteiger partial charge is 0.250 e. The molecule has 0 spiro atoms. The van der Waals surface area contributed by atoms with Gasteiger partial charge < -0.3 is 21.0 Å². The van der Waals surface area contributed by atoms with Gasteiger partial charge >= 0.3 is 0 Å². The van der Waals surface area contributed by atoms with Crippen LogP contribution in [0, 0.1) is 0 Å². The lowest BCUT2D eigenvalue weighted by molar-refractivity contribution is 0.475. The van der Waals surface area contributed by atoms with Gasteiger partial charge in [-0.2, -0.15) is 0 Å². The predicted octanol–water partition coefficient (Wildman–Crippen LogP) is 4.63. The van der Waals surface area contributed by atoms with Gasteiger partial charge in [-0.15, -0.1) is 0 Å². The van der Waals surface area contributed by atoms with Gasteiger partial charge in [-0.25, -0.2) is 0 Å². The summed E-state index contributed by atoms with van der Waals surface area (Å²) < 4.78 is 6.11. The molecule has 0 fully saturated rings. The Hall–Kier alpha value is -2.14. The minimum atomic E-state index is -1.72. The predicted molar refractivity (Wildman–Crippen MR) is 101 cm³/mol. The zero-order chi connectivity index (χ0) is 17.7. The highest BCUT2D eigenvalue weighted by molar-refractivity contribution is 6.74. The number of aromatic hydroxyl groups is 1. The fourth-order valence-electron chi connectivity index (χ4n) is 1.55. The van der Waals surface area contributed by atoms with Crippen LogP contribution in [0.5, 0.6) is 11.5 Å². The van der Waals surface area contributed by atoms with E-state index in [9.17, 15) is 0 Å². The van der Waals surface area contributed by atoms with Crippen LogP contribution in [-0.2, 0) is 0 Å². The number of hydrogen-bond donors (Lipinski definition) is 3. The van der Waals surface area contributed by atoms with Gasteiger partial charge in [0.25, 0.3) is 0 Å². The first-order valence-electron chi connectivity index (χ1n) is 7.60. The van der Waals surface area contributed by atoms with Crippen LogP contribution >= 0.6 is 0 Å². The third-order valence-electron chi connectivity index (χ3n) is 3.91. The Labute approximate surface area is 140 Å². The minimum absolute atomic E-state index is 0.213. The van der Waals surface area contributed by atoms with Gasteiger partial charge in [0, 0.05) is 23.5 Å². The molecule has 0 aliphatic rings. The third-order valence-corrected chi connectivity index (χ3v) is 8.27. The van der Waals surface area contributed by atoms with Crippen molar-refractivity contribution in [1.82, 2.24) is 0 Å². The Morgan fingerprint density at radius 1 is 0.913 bits per heavy atom. The molecule has 5 N–H and O–H groups in total. The molecule has 0 saturated heterocycles. The molecule has 2 rings (SSSR count). The van der Waals surface area contributed by atoms with E-state index in [2.05, 4.69) is 33.9 Å². The Kier molecular flexibility index (Phi) is 6.10. The maximum Gasteiger partial charge on any atom is 0.250 e. The fraction of sp³-hybridized carbons (Fsp3) is 0.333. The highest BCUT2D eigenvalue weighted by Gasteiger charge is 2.38. The average molecular weight is 333 g/mol. The number of nitrogen functional groups attached to an aromatic ring is 2. The van der Waals surface area contributed by atoms with E-state index in [1.807, 2.05) is 24.3 Å². The fourth-order valence-corrected chi connectivity index (χ4v) is 2.57. The van der Waals surface area contributed by atoms with E-state index in [4.69, 9.17) is 21.0 Å². The Balaban J connectivity index is 0.000000277. The largest absolute Gasteiger partial charge is 0.543 e. The van der Waals surface area contributed by atoms with E-state index in [1.165, 1.54) is 6.07 Å². The van der Waals surface area contributed by atoms with Crippen molar-refractivity contribution in [2.24, 2.45) is 0 Å². The van der Waals surface area contributed by atoms with Crippen LogP contribution in [0.2, 0.25) is 18.1 Å². The molecule has 0 aliphatic heterocycles. The molecule has 0 heterocycles. The molecule has 2 aromatic carbocycles. The second kappa shape index (κ2) is 7.42. The molecule has 0 atom stereocenters. The summed E-state index contributed by atoms with van der Waals surface area (Å²) in [7, 11) is -1.72. The summed E-state index contributed by atoms with van der Waals surface area (Å²) >= 11 is 0. The maximum absolute atomic E-state index is 8.73. The Bertz CT molecular complexity index is 620. The number of phenols is 1. The normalized spacial score (nSPS) is 11.3. The van der Waals surface area contributed by atoms with E-state index < -0.39 is 8.32 Å². The lowest BCUT2D eigenvalue weighted by Crippen LogP contribution is -2.43. The number of benzene rings is 2. The highest BCUT2D eigenvalue weighted by atomic mass is 28.4. The van der Waals surface area contributed by atoms with Gasteiger partial charge in [-0.1, -0.05) is 32.9 Å². The van der Waals surface area contributed by atoms with Gasteiger partial charge in [0.05, 0.1) is 0 Å². The van der Waals surface area contributed by atoms with Crippen molar-refractivity contribution in [3.8, 4) is 11.5 Å². The van der Waals surface area contributed by atoms with Crippen LogP contribution < -0.4 is 15.9 Å². The van der Waals surface area contributed by atoms with Gasteiger partial charge in [0.2, 0.25) is 8.32 Å². The zero-order valence-electron chi connectivity index (χ0n) is 14.6. The van der Waals surface area contributed by atoms with E-state index in [1.54, 1.807) is 18.2 Å². The molecule has 0 aliphatic carbocycles. The SMILES string of the molecule is CC(C)(C)[Si](C)(C)Oc1cccc(N)c1.Nc1cccc(O)c1. The molecular formula is C18H28N2O2Si. The summed E-state index contributed by atoms with van der Waals surface area (Å²) in [4.78, 5) is 0. The summed E-state index contributed by atoms with van der Waals surface area (Å²) in [6.45, 7) is 11.1. The van der Waals surface area contributed by atoms with Gasteiger partial charge in [0.15, 0.2) is 0 Å². The van der Waals surface area contributed by atoms with Crippen molar-refractivity contribution in [2.45, 2.75) is 38.9 Å². The first-order valence-corrected chi connectivity index (χ1v) is 10.5. The molecule has 0 radical (unpaired) electrons. The average Bonchev–Trinajstić information content (AvgIpc) is 2.37. The quantitative estimate of drug-likeness (QED) is 0.553. The molecule has 5 heteroatoms. The van der Waals surface area contributed by atoms with Gasteiger partial charge in [-0.3, -0.25) is 0 Å². The maximum atomic E-state index is 8.73. The summed E-state index contributed by atoms with van der Waals surface area (Å²) in [5.74, 6) is 1.10. The molecule has 23 heavy (non-hydrogen) atoms. The van der Waals surface area contributed by atoms with Crippen molar-refractivity contribution >= 4 is 19.7 Å². The van der Waals surface area contributed by atoms with E-state index >= 15 is 0 Å². The molecular weight excluding hydrogens is 304 g/mol. The number of nitrogens with two attached hydrogens (primary N) is 2. The van der Waals surface area contributed by atoms with Crippen molar-refractivity contribution in [2.75, 3.05) is 11.5 Å². The molecule has 0 aromatic heterocycles. The van der Waals surface area contributed by atoms with E-state index in [-0.39, 0.29) is 10.8 Å². The molecule has 0 bridgehead atoms. The van der Waals surface area contributed by atoms with E-state index in [0.29, 0.717) is 5.69 Å². The Morgan fingerprint density at radius 3 is 1.83 bits per heavy atom. The van der Waals surface area contributed by atoms with Crippen LogP contribution in [0.1, 0.15) is 20.8 Å². The van der Waals surface area contributed by atoms with Crippen LogP contribution in [0.25, 0.3) is 0 Å². The van der Waals surface area contributed by atoms with Crippen LogP contribution in [0.15, 0.2) is 48.5 Å². The highest BCUT2D eigenvalue weighted by Crippen LogP contribution is 2.37. The van der Waals surface area contributed by atoms with Crippen LogP contribution in [0.3, 0.4) is 0 Å². The second-order valence-corrected chi connectivity index (χ2v) is 11.8. The topological polar surface area (TPSA) is 81.5 Å². The number of rotatable bonds is 2. The Morgan fingerprint density at radius 2 is 1.43 bits per heavy atom. The van der Waals surface area contributed by atoms with E-state index in [0.717, 1.165) is 11.4 Å². The minimum Gasteiger partial charge on any atom is -0.543 e. The lowest BCUT2D eigenvalue weighted by atomic mass is 10.2. The summed E-state index contributed by atoms with van der Waals surface area (Å²) in [6, 6.07) is 14.2. The number of anilines is 2. The summed E-state index contributed by atoms with van der Waals surface area (Å²) in [5, 5.41) is 8.95. The van der Waals surface area contributed by atoms with Crippen LogP contribution in [0.4, 0.5) is 11.4 Å². The standard InChI is InChI=1S/C12H21NOSi.C6H7NO/c1-12(2,3)15(4,5)14-11-8-6-7-10(13)9-11;7-5-2-1-3-6(8)4-5/h6-9H,13H2,1-5H3;1-4,8H,7H2. The number of phenolic OH excluding ortho intramolecular Hbond substituents is 1. The molecule has 126 valence electrons. The molecule has 0 unspecified atom stereocenters. The van der Waals surface area contributed by atoms with Gasteiger partial charge in [-0.05, 0) is 42.4 Å². The summed E-state index contributed by atoms with van der Waals surface area (Å²) in [6.07, 6.45) is 0. The second-order valence-electron chi connectivity index (χ2n) is 7.03. The molecule has 0 amide bonds. The first kappa shape index (κ1) is 18.9. The first-order chi connectivity index (χ1) is 10.5. The zero-order valence-corrected chi connectivity index (χ0v) is 15.6. The van der Waals surface area contributed by atoms with Gasteiger partial charge in [0.1, 0.15) is 11.5 Å². The van der Waals surface area contributed by atoms with Crippen molar-refractivity contribution in [3.05, 3.63) is 48.5 Å². The number of hydrogen-bond acceptors (Lipinski definition) is 4. The van der Waals surface area contributed by atoms with Crippen molar-refractivity contribution in [1.29, 1.82) is 0 Å². The monoisotopic (exact) mass is 332 g/mol. The third kappa shape index (κ3) is 6.24. The van der Waals surface area contributed by atoms with Crippen LogP contribution in [-0.4, -0.2) is 13.4 Å². The molecule has 0 saturated carbocycles.